The minimum Gasteiger partial charge on any atom is -0.299 e. The monoisotopic (exact) mass is 318 g/mol. The first kappa shape index (κ1) is 12.5. The molecule has 0 saturated carbocycles. The van der Waals surface area contributed by atoms with Gasteiger partial charge in [-0.05, 0) is 51.2 Å². The maximum Gasteiger partial charge on any atom is 0.145 e. The van der Waals surface area contributed by atoms with Gasteiger partial charge in [-0.25, -0.2) is 4.39 Å². The average Bonchev–Trinajstić information content (AvgIpc) is 2.35. The summed E-state index contributed by atoms with van der Waals surface area (Å²) < 4.78 is 13.5. The Bertz CT molecular complexity index is 651. The molecule has 1 aliphatic carbocycles. The quantitative estimate of drug-likeness (QED) is 0.834. The van der Waals surface area contributed by atoms with Crippen LogP contribution in [-0.2, 0) is 17.6 Å². The minimum atomic E-state index is -0.301. The molecule has 3 heteroatoms. The molecule has 2 aromatic rings. The standard InChI is InChI=1S/C16H12BrFO/c17-14-7-10(5-6-15(14)18)8-16(19)13-9-11-3-1-2-4-12(11)13/h1-7,13H,8-9H2. The molecular formula is C16H12BrFO. The number of halogens is 2. The number of ketones is 1. The maximum absolute atomic E-state index is 13.1. The van der Waals surface area contributed by atoms with E-state index in [0.717, 1.165) is 17.5 Å². The highest BCUT2D eigenvalue weighted by atomic mass is 79.9. The first-order valence-electron chi connectivity index (χ1n) is 6.19. The Kier molecular flexibility index (Phi) is 3.23. The zero-order valence-electron chi connectivity index (χ0n) is 10.2. The van der Waals surface area contributed by atoms with Crippen LogP contribution in [0, 0.1) is 5.82 Å². The number of fused-ring (bicyclic) bond motifs is 1. The van der Waals surface area contributed by atoms with Gasteiger partial charge >= 0.3 is 0 Å². The summed E-state index contributed by atoms with van der Waals surface area (Å²) in [6.07, 6.45) is 1.19. The Labute approximate surface area is 119 Å². The van der Waals surface area contributed by atoms with Crippen molar-refractivity contribution < 1.29 is 9.18 Å². The first-order valence-corrected chi connectivity index (χ1v) is 6.99. The van der Waals surface area contributed by atoms with Gasteiger partial charge in [-0.15, -0.1) is 0 Å². The number of Topliss-reactive ketones (excluding diaryl/α,β-unsaturated/α-hetero) is 1. The van der Waals surface area contributed by atoms with Gasteiger partial charge < -0.3 is 0 Å². The van der Waals surface area contributed by atoms with E-state index in [1.165, 1.54) is 11.6 Å². The lowest BCUT2D eigenvalue weighted by Gasteiger charge is -2.28. The Morgan fingerprint density at radius 3 is 2.79 bits per heavy atom. The molecule has 3 rings (SSSR count). The molecule has 0 aliphatic heterocycles. The van der Waals surface area contributed by atoms with Crippen molar-refractivity contribution in [1.82, 2.24) is 0 Å². The van der Waals surface area contributed by atoms with Crippen molar-refractivity contribution >= 4 is 21.7 Å². The number of benzene rings is 2. The molecular weight excluding hydrogens is 307 g/mol. The smallest absolute Gasteiger partial charge is 0.145 e. The Morgan fingerprint density at radius 2 is 2.05 bits per heavy atom. The minimum absolute atomic E-state index is 0.0139. The van der Waals surface area contributed by atoms with Crippen LogP contribution < -0.4 is 0 Å². The van der Waals surface area contributed by atoms with Gasteiger partial charge in [0.25, 0.3) is 0 Å². The van der Waals surface area contributed by atoms with Gasteiger partial charge in [0, 0.05) is 12.3 Å². The number of carbonyl (C=O) groups is 1. The first-order chi connectivity index (χ1) is 9.15. The van der Waals surface area contributed by atoms with Gasteiger partial charge in [0.05, 0.1) is 4.47 Å². The van der Waals surface area contributed by atoms with E-state index in [1.54, 1.807) is 12.1 Å². The number of carbonyl (C=O) groups excluding carboxylic acids is 1. The zero-order valence-corrected chi connectivity index (χ0v) is 11.8. The second kappa shape index (κ2) is 4.89. The molecule has 0 spiro atoms. The third-order valence-corrected chi connectivity index (χ3v) is 4.21. The van der Waals surface area contributed by atoms with Gasteiger partial charge in [-0.2, -0.15) is 0 Å². The topological polar surface area (TPSA) is 17.1 Å². The van der Waals surface area contributed by atoms with E-state index in [9.17, 15) is 9.18 Å². The van der Waals surface area contributed by atoms with Crippen LogP contribution in [0.25, 0.3) is 0 Å². The fourth-order valence-corrected chi connectivity index (χ4v) is 2.95. The highest BCUT2D eigenvalue weighted by molar-refractivity contribution is 9.10. The van der Waals surface area contributed by atoms with Crippen LogP contribution in [-0.4, -0.2) is 5.78 Å². The van der Waals surface area contributed by atoms with Crippen LogP contribution in [0.5, 0.6) is 0 Å². The highest BCUT2D eigenvalue weighted by Crippen LogP contribution is 2.36. The maximum atomic E-state index is 13.1. The largest absolute Gasteiger partial charge is 0.299 e. The van der Waals surface area contributed by atoms with Crippen LogP contribution in [0.2, 0.25) is 0 Å². The lowest BCUT2D eigenvalue weighted by molar-refractivity contribution is -0.120. The average molecular weight is 319 g/mol. The SMILES string of the molecule is O=C(Cc1ccc(F)c(Br)c1)C1Cc2ccccc21. The Morgan fingerprint density at radius 1 is 1.26 bits per heavy atom. The van der Waals surface area contributed by atoms with Gasteiger partial charge in [0.15, 0.2) is 0 Å². The summed E-state index contributed by atoms with van der Waals surface area (Å²) in [6.45, 7) is 0. The Hall–Kier alpha value is -1.48. The second-order valence-corrected chi connectivity index (χ2v) is 5.70. The van der Waals surface area contributed by atoms with E-state index in [-0.39, 0.29) is 17.5 Å². The molecule has 0 heterocycles. The normalized spacial score (nSPS) is 16.6. The second-order valence-electron chi connectivity index (χ2n) is 4.85. The summed E-state index contributed by atoms with van der Waals surface area (Å²) in [5.41, 5.74) is 3.26. The summed E-state index contributed by atoms with van der Waals surface area (Å²) in [4.78, 5) is 12.2. The van der Waals surface area contributed by atoms with Crippen molar-refractivity contribution in [1.29, 1.82) is 0 Å². The molecule has 0 aromatic heterocycles. The van der Waals surface area contributed by atoms with Crippen molar-refractivity contribution in [2.75, 3.05) is 0 Å². The van der Waals surface area contributed by atoms with Gasteiger partial charge in [-0.1, -0.05) is 30.3 Å². The van der Waals surface area contributed by atoms with Crippen molar-refractivity contribution in [3.8, 4) is 0 Å². The van der Waals surface area contributed by atoms with Crippen LogP contribution in [0.4, 0.5) is 4.39 Å². The number of hydrogen-bond acceptors (Lipinski definition) is 1. The fraction of sp³-hybridized carbons (Fsp3) is 0.188. The predicted octanol–water partition coefficient (Wildman–Crippen LogP) is 4.04. The summed E-state index contributed by atoms with van der Waals surface area (Å²) >= 11 is 3.14. The molecule has 2 aromatic carbocycles. The molecule has 0 saturated heterocycles. The highest BCUT2D eigenvalue weighted by Gasteiger charge is 2.31. The van der Waals surface area contributed by atoms with E-state index in [4.69, 9.17) is 0 Å². The molecule has 0 bridgehead atoms. The van der Waals surface area contributed by atoms with Crippen LogP contribution in [0.15, 0.2) is 46.9 Å². The Balaban J connectivity index is 1.75. The third kappa shape index (κ3) is 2.35. The third-order valence-electron chi connectivity index (χ3n) is 3.61. The van der Waals surface area contributed by atoms with E-state index >= 15 is 0 Å². The summed E-state index contributed by atoms with van der Waals surface area (Å²) in [5, 5.41) is 0. The zero-order chi connectivity index (χ0) is 13.4. The predicted molar refractivity (Wildman–Crippen MR) is 75.7 cm³/mol. The summed E-state index contributed by atoms with van der Waals surface area (Å²) in [6, 6.07) is 12.8. The van der Waals surface area contributed by atoms with Crippen molar-refractivity contribution in [2.24, 2.45) is 0 Å². The molecule has 1 nitrogen and oxygen atoms in total. The fourth-order valence-electron chi connectivity index (χ4n) is 2.52. The van der Waals surface area contributed by atoms with E-state index < -0.39 is 0 Å². The number of hydrogen-bond donors (Lipinski definition) is 0. The molecule has 19 heavy (non-hydrogen) atoms. The van der Waals surface area contributed by atoms with Crippen LogP contribution in [0.3, 0.4) is 0 Å². The van der Waals surface area contributed by atoms with Crippen LogP contribution in [0.1, 0.15) is 22.6 Å². The number of rotatable bonds is 3. The molecule has 0 amide bonds. The van der Waals surface area contributed by atoms with Crippen molar-refractivity contribution in [3.05, 3.63) is 69.4 Å². The van der Waals surface area contributed by atoms with E-state index in [0.29, 0.717) is 10.9 Å². The van der Waals surface area contributed by atoms with Gasteiger partial charge in [0.2, 0.25) is 0 Å². The van der Waals surface area contributed by atoms with E-state index in [1.807, 2.05) is 18.2 Å². The molecule has 0 N–H and O–H groups in total. The van der Waals surface area contributed by atoms with E-state index in [2.05, 4.69) is 22.0 Å². The molecule has 0 fully saturated rings. The molecule has 1 unspecified atom stereocenters. The molecule has 0 radical (unpaired) electrons. The summed E-state index contributed by atoms with van der Waals surface area (Å²) in [7, 11) is 0. The molecule has 1 aliphatic rings. The van der Waals surface area contributed by atoms with Gasteiger partial charge in [-0.3, -0.25) is 4.79 Å². The molecule has 1 atom stereocenters. The van der Waals surface area contributed by atoms with Crippen LogP contribution >= 0.6 is 15.9 Å². The lowest BCUT2D eigenvalue weighted by atomic mass is 9.74. The lowest BCUT2D eigenvalue weighted by Crippen LogP contribution is -2.26. The molecule has 96 valence electrons. The summed E-state index contributed by atoms with van der Waals surface area (Å²) in [5.74, 6) is -0.0811. The van der Waals surface area contributed by atoms with Crippen molar-refractivity contribution in [3.63, 3.8) is 0 Å². The van der Waals surface area contributed by atoms with Gasteiger partial charge in [0.1, 0.15) is 11.6 Å². The van der Waals surface area contributed by atoms with Crippen molar-refractivity contribution in [2.45, 2.75) is 18.8 Å².